The van der Waals surface area contributed by atoms with E-state index in [4.69, 9.17) is 0 Å². The van der Waals surface area contributed by atoms with Crippen LogP contribution in [0.15, 0.2) is 12.2 Å². The Morgan fingerprint density at radius 2 is 2.35 bits per heavy atom. The van der Waals surface area contributed by atoms with Crippen molar-refractivity contribution in [1.29, 1.82) is 0 Å². The molecule has 1 N–H and O–H groups in total. The molecule has 1 fully saturated rings. The van der Waals surface area contributed by atoms with Crippen LogP contribution in [0.25, 0.3) is 0 Å². The maximum absolute atomic E-state index is 11.4. The minimum absolute atomic E-state index is 0.0189. The number of allylic oxidation sites excluding steroid dienone is 1. The predicted molar refractivity (Wildman–Crippen MR) is 68.6 cm³/mol. The third-order valence-corrected chi connectivity index (χ3v) is 3.41. The molecule has 0 unspecified atom stereocenters. The number of ketones is 1. The Balaban J connectivity index is 2.27. The molecule has 0 aliphatic heterocycles. The van der Waals surface area contributed by atoms with E-state index >= 15 is 0 Å². The molecule has 0 radical (unpaired) electrons. The summed E-state index contributed by atoms with van der Waals surface area (Å²) in [6.07, 6.45) is 8.03. The van der Waals surface area contributed by atoms with E-state index in [1.807, 2.05) is 6.08 Å². The van der Waals surface area contributed by atoms with Crippen molar-refractivity contribution in [2.75, 3.05) is 6.54 Å². The lowest BCUT2D eigenvalue weighted by Gasteiger charge is -2.13. The lowest BCUT2D eigenvalue weighted by molar-refractivity contribution is -0.118. The van der Waals surface area contributed by atoms with Crippen LogP contribution in [0.3, 0.4) is 0 Å². The molecule has 0 heterocycles. The van der Waals surface area contributed by atoms with Gasteiger partial charge in [0.25, 0.3) is 0 Å². The SMILES string of the molecule is CCCCNC(=O)/C=C/[C@@H](C)[C@H]1CCC(=O)C1. The van der Waals surface area contributed by atoms with Gasteiger partial charge < -0.3 is 5.32 Å². The molecular weight excluding hydrogens is 214 g/mol. The van der Waals surface area contributed by atoms with Gasteiger partial charge in [-0.15, -0.1) is 0 Å². The van der Waals surface area contributed by atoms with Gasteiger partial charge >= 0.3 is 0 Å². The van der Waals surface area contributed by atoms with E-state index in [-0.39, 0.29) is 5.91 Å². The summed E-state index contributed by atoms with van der Waals surface area (Å²) in [6.45, 7) is 4.93. The first kappa shape index (κ1) is 13.9. The van der Waals surface area contributed by atoms with E-state index in [1.54, 1.807) is 6.08 Å². The van der Waals surface area contributed by atoms with Crippen molar-refractivity contribution < 1.29 is 9.59 Å². The molecule has 0 spiro atoms. The zero-order valence-corrected chi connectivity index (χ0v) is 10.9. The van der Waals surface area contributed by atoms with Crippen molar-refractivity contribution in [3.63, 3.8) is 0 Å². The number of nitrogens with one attached hydrogen (secondary N) is 1. The lowest BCUT2D eigenvalue weighted by atomic mass is 9.92. The number of hydrogen-bond acceptors (Lipinski definition) is 2. The zero-order chi connectivity index (χ0) is 12.7. The first-order chi connectivity index (χ1) is 8.13. The third kappa shape index (κ3) is 5.16. The number of rotatable bonds is 6. The Hall–Kier alpha value is -1.12. The van der Waals surface area contributed by atoms with Crippen LogP contribution < -0.4 is 5.32 Å². The summed E-state index contributed by atoms with van der Waals surface area (Å²) in [5.74, 6) is 1.10. The average molecular weight is 237 g/mol. The van der Waals surface area contributed by atoms with Gasteiger partial charge in [0, 0.05) is 19.4 Å². The van der Waals surface area contributed by atoms with Gasteiger partial charge in [-0.05, 0) is 30.8 Å². The monoisotopic (exact) mass is 237 g/mol. The maximum atomic E-state index is 11.4. The lowest BCUT2D eigenvalue weighted by Crippen LogP contribution is -2.22. The summed E-state index contributed by atoms with van der Waals surface area (Å²) >= 11 is 0. The van der Waals surface area contributed by atoms with Gasteiger partial charge in [-0.2, -0.15) is 0 Å². The molecule has 2 atom stereocenters. The summed E-state index contributed by atoms with van der Waals surface area (Å²) in [5, 5.41) is 2.85. The summed E-state index contributed by atoms with van der Waals surface area (Å²) in [7, 11) is 0. The normalized spacial score (nSPS) is 22.0. The van der Waals surface area contributed by atoms with Gasteiger partial charge in [0.2, 0.25) is 5.91 Å². The molecule has 0 saturated heterocycles. The smallest absolute Gasteiger partial charge is 0.243 e. The van der Waals surface area contributed by atoms with Crippen molar-refractivity contribution in [3.05, 3.63) is 12.2 Å². The van der Waals surface area contributed by atoms with Crippen LogP contribution in [0.4, 0.5) is 0 Å². The predicted octanol–water partition coefficient (Wildman–Crippen LogP) is 2.46. The highest BCUT2D eigenvalue weighted by Crippen LogP contribution is 2.29. The second-order valence-electron chi connectivity index (χ2n) is 4.90. The van der Waals surface area contributed by atoms with Gasteiger partial charge in [0.1, 0.15) is 5.78 Å². The standard InChI is InChI=1S/C14H23NO2/c1-3-4-9-15-14(17)8-5-11(2)12-6-7-13(16)10-12/h5,8,11-12H,3-4,6-7,9-10H2,1-2H3,(H,15,17)/b8-5+/t11-,12+/m1/s1. The van der Waals surface area contributed by atoms with Crippen LogP contribution in [0.1, 0.15) is 46.0 Å². The number of Topliss-reactive ketones (excluding diaryl/α,β-unsaturated/α-hetero) is 1. The summed E-state index contributed by atoms with van der Waals surface area (Å²) in [6, 6.07) is 0. The van der Waals surface area contributed by atoms with Crippen molar-refractivity contribution in [2.45, 2.75) is 46.0 Å². The first-order valence-electron chi connectivity index (χ1n) is 6.61. The Labute approximate surface area is 104 Å². The maximum Gasteiger partial charge on any atom is 0.243 e. The van der Waals surface area contributed by atoms with Crippen LogP contribution in [-0.2, 0) is 9.59 Å². The van der Waals surface area contributed by atoms with Crippen molar-refractivity contribution in [2.24, 2.45) is 11.8 Å². The molecule has 3 heteroatoms. The van der Waals surface area contributed by atoms with Gasteiger partial charge in [-0.1, -0.05) is 26.3 Å². The minimum atomic E-state index is -0.0189. The molecule has 3 nitrogen and oxygen atoms in total. The molecule has 0 aromatic rings. The van der Waals surface area contributed by atoms with E-state index < -0.39 is 0 Å². The van der Waals surface area contributed by atoms with E-state index in [0.29, 0.717) is 30.5 Å². The molecule has 0 aromatic heterocycles. The van der Waals surface area contributed by atoms with E-state index in [9.17, 15) is 9.59 Å². The molecular formula is C14H23NO2. The highest BCUT2D eigenvalue weighted by Gasteiger charge is 2.25. The molecule has 0 aromatic carbocycles. The van der Waals surface area contributed by atoms with Crippen molar-refractivity contribution in [1.82, 2.24) is 5.32 Å². The highest BCUT2D eigenvalue weighted by molar-refractivity contribution is 5.87. The Morgan fingerprint density at radius 1 is 1.59 bits per heavy atom. The summed E-state index contributed by atoms with van der Waals surface area (Å²) in [4.78, 5) is 22.6. The van der Waals surface area contributed by atoms with Crippen LogP contribution in [0.5, 0.6) is 0 Å². The van der Waals surface area contributed by atoms with Crippen LogP contribution >= 0.6 is 0 Å². The molecule has 17 heavy (non-hydrogen) atoms. The Morgan fingerprint density at radius 3 is 2.94 bits per heavy atom. The summed E-state index contributed by atoms with van der Waals surface area (Å²) < 4.78 is 0. The molecule has 1 aliphatic rings. The number of carbonyl (C=O) groups is 2. The van der Waals surface area contributed by atoms with Gasteiger partial charge in [-0.3, -0.25) is 9.59 Å². The largest absolute Gasteiger partial charge is 0.353 e. The molecule has 0 bridgehead atoms. The molecule has 1 rings (SSSR count). The van der Waals surface area contributed by atoms with Gasteiger partial charge in [-0.25, -0.2) is 0 Å². The molecule has 1 amide bonds. The fourth-order valence-corrected chi connectivity index (χ4v) is 2.14. The number of unbranched alkanes of at least 4 members (excludes halogenated alkanes) is 1. The zero-order valence-electron chi connectivity index (χ0n) is 10.9. The second-order valence-corrected chi connectivity index (χ2v) is 4.90. The van der Waals surface area contributed by atoms with Gasteiger partial charge in [0.15, 0.2) is 0 Å². The highest BCUT2D eigenvalue weighted by atomic mass is 16.1. The Bertz CT molecular complexity index is 297. The fourth-order valence-electron chi connectivity index (χ4n) is 2.14. The topological polar surface area (TPSA) is 46.2 Å². The average Bonchev–Trinajstić information content (AvgIpc) is 2.73. The van der Waals surface area contributed by atoms with Crippen LogP contribution in [0.2, 0.25) is 0 Å². The van der Waals surface area contributed by atoms with E-state index in [2.05, 4.69) is 19.2 Å². The Kier molecular flexibility index (Phi) is 5.95. The van der Waals surface area contributed by atoms with Crippen LogP contribution in [-0.4, -0.2) is 18.2 Å². The van der Waals surface area contributed by atoms with Crippen molar-refractivity contribution in [3.8, 4) is 0 Å². The van der Waals surface area contributed by atoms with E-state index in [1.165, 1.54) is 0 Å². The molecule has 96 valence electrons. The third-order valence-electron chi connectivity index (χ3n) is 3.41. The van der Waals surface area contributed by atoms with Gasteiger partial charge in [0.05, 0.1) is 0 Å². The number of amides is 1. The van der Waals surface area contributed by atoms with Crippen LogP contribution in [0, 0.1) is 11.8 Å². The second kappa shape index (κ2) is 7.25. The van der Waals surface area contributed by atoms with E-state index in [0.717, 1.165) is 25.8 Å². The first-order valence-corrected chi connectivity index (χ1v) is 6.61. The van der Waals surface area contributed by atoms with Crippen molar-refractivity contribution >= 4 is 11.7 Å². The summed E-state index contributed by atoms with van der Waals surface area (Å²) in [5.41, 5.74) is 0. The molecule has 1 aliphatic carbocycles. The fraction of sp³-hybridized carbons (Fsp3) is 0.714. The number of hydrogen-bond donors (Lipinski definition) is 1. The number of carbonyl (C=O) groups excluding carboxylic acids is 2. The minimum Gasteiger partial charge on any atom is -0.353 e. The quantitative estimate of drug-likeness (QED) is 0.570. The molecule has 1 saturated carbocycles.